The largest absolute Gasteiger partial charge is 0.423 e. The van der Waals surface area contributed by atoms with Crippen molar-refractivity contribution in [1.29, 1.82) is 0 Å². The van der Waals surface area contributed by atoms with Crippen molar-refractivity contribution < 1.29 is 8.85 Å². The first-order valence-electron chi connectivity index (χ1n) is 5.68. The van der Waals surface area contributed by atoms with Crippen molar-refractivity contribution in [2.45, 2.75) is 26.8 Å². The molecule has 1 radical (unpaired) electrons. The Kier molecular flexibility index (Phi) is 5.69. The van der Waals surface area contributed by atoms with Crippen molar-refractivity contribution in [3.05, 3.63) is 29.8 Å². The monoisotopic (exact) mass is 238 g/mol. The van der Waals surface area contributed by atoms with Crippen LogP contribution in [-0.2, 0) is 8.85 Å². The summed E-state index contributed by atoms with van der Waals surface area (Å²) in [6, 6.07) is 8.11. The topological polar surface area (TPSA) is 44.5 Å². The molecular weight excluding hydrogens is 218 g/mol. The van der Waals surface area contributed by atoms with Gasteiger partial charge in [-0.05, 0) is 26.3 Å². The highest BCUT2D eigenvalue weighted by molar-refractivity contribution is 6.61. The number of hydrogen-bond acceptors (Lipinski definition) is 3. The summed E-state index contributed by atoms with van der Waals surface area (Å²) in [5.41, 5.74) is 7.07. The zero-order chi connectivity index (χ0) is 12.0. The maximum absolute atomic E-state index is 5.95. The first kappa shape index (κ1) is 13.4. The lowest BCUT2D eigenvalue weighted by Gasteiger charge is -2.18. The van der Waals surface area contributed by atoms with Gasteiger partial charge in [0.1, 0.15) is 0 Å². The quantitative estimate of drug-likeness (QED) is 0.763. The van der Waals surface area contributed by atoms with Crippen LogP contribution in [0.25, 0.3) is 0 Å². The highest BCUT2D eigenvalue weighted by Gasteiger charge is 2.22. The summed E-state index contributed by atoms with van der Waals surface area (Å²) in [6.07, 6.45) is 0. The molecule has 16 heavy (non-hydrogen) atoms. The van der Waals surface area contributed by atoms with Gasteiger partial charge in [-0.25, -0.2) is 0 Å². The van der Waals surface area contributed by atoms with Crippen LogP contribution in [0.3, 0.4) is 0 Å². The van der Waals surface area contributed by atoms with E-state index in [1.54, 1.807) is 0 Å². The van der Waals surface area contributed by atoms with E-state index in [4.69, 9.17) is 14.6 Å². The van der Waals surface area contributed by atoms with Gasteiger partial charge in [-0.3, -0.25) is 0 Å². The molecule has 0 heterocycles. The van der Waals surface area contributed by atoms with Crippen LogP contribution in [0.5, 0.6) is 0 Å². The van der Waals surface area contributed by atoms with Crippen molar-refractivity contribution >= 4 is 14.5 Å². The number of hydrogen-bond donors (Lipinski definition) is 1. The summed E-state index contributed by atoms with van der Waals surface area (Å²) in [5.74, 6) is 0. The van der Waals surface area contributed by atoms with Gasteiger partial charge in [0.05, 0.1) is 0 Å². The van der Waals surface area contributed by atoms with E-state index in [9.17, 15) is 0 Å². The third-order valence-corrected chi connectivity index (χ3v) is 4.22. The smallest absolute Gasteiger partial charge is 0.390 e. The average molecular weight is 238 g/mol. The van der Waals surface area contributed by atoms with Crippen LogP contribution < -0.4 is 10.9 Å². The lowest BCUT2D eigenvalue weighted by Crippen LogP contribution is -2.40. The van der Waals surface area contributed by atoms with Gasteiger partial charge in [-0.2, -0.15) is 0 Å². The third-order valence-electron chi connectivity index (χ3n) is 2.22. The maximum atomic E-state index is 5.95. The Hall–Kier alpha value is -0.683. The second kappa shape index (κ2) is 6.80. The summed E-state index contributed by atoms with van der Waals surface area (Å²) in [5, 5.41) is 1.13. The minimum atomic E-state index is -1.38. The van der Waals surface area contributed by atoms with Crippen LogP contribution in [0.2, 0.25) is 0 Å². The van der Waals surface area contributed by atoms with Gasteiger partial charge in [-0.1, -0.05) is 24.3 Å². The molecule has 3 nitrogen and oxygen atoms in total. The van der Waals surface area contributed by atoms with Crippen LogP contribution in [0.1, 0.15) is 32.4 Å². The predicted molar refractivity (Wildman–Crippen MR) is 67.7 cm³/mol. The highest BCUT2D eigenvalue weighted by atomic mass is 28.3. The number of rotatable bonds is 6. The van der Waals surface area contributed by atoms with Crippen molar-refractivity contribution in [3.63, 3.8) is 0 Å². The van der Waals surface area contributed by atoms with Gasteiger partial charge in [-0.15, -0.1) is 0 Å². The molecule has 0 saturated carbocycles. The molecule has 0 aliphatic rings. The second-order valence-corrected chi connectivity index (χ2v) is 5.22. The standard InChI is InChI=1S/C12H20NO2Si/c1-4-14-16(15-5-2)12-9-7-6-8-11(12)10(3)13/h6-10H,4-5,13H2,1-3H3. The molecule has 0 saturated heterocycles. The van der Waals surface area contributed by atoms with E-state index < -0.39 is 9.28 Å². The molecule has 2 N–H and O–H groups in total. The van der Waals surface area contributed by atoms with E-state index in [0.29, 0.717) is 13.2 Å². The fraction of sp³-hybridized carbons (Fsp3) is 0.500. The van der Waals surface area contributed by atoms with Gasteiger partial charge < -0.3 is 14.6 Å². The minimum absolute atomic E-state index is 0.0112. The Morgan fingerprint density at radius 2 is 1.75 bits per heavy atom. The average Bonchev–Trinajstić information content (AvgIpc) is 2.29. The first-order chi connectivity index (χ1) is 7.70. The van der Waals surface area contributed by atoms with E-state index in [-0.39, 0.29) is 6.04 Å². The van der Waals surface area contributed by atoms with E-state index >= 15 is 0 Å². The van der Waals surface area contributed by atoms with E-state index in [2.05, 4.69) is 6.07 Å². The van der Waals surface area contributed by atoms with Gasteiger partial charge in [0, 0.05) is 24.4 Å². The minimum Gasteiger partial charge on any atom is -0.390 e. The fourth-order valence-electron chi connectivity index (χ4n) is 1.54. The molecule has 89 valence electrons. The number of nitrogens with two attached hydrogens (primary N) is 1. The van der Waals surface area contributed by atoms with E-state index in [1.807, 2.05) is 39.0 Å². The first-order valence-corrected chi connectivity index (χ1v) is 6.99. The number of benzene rings is 1. The molecule has 1 aromatic rings. The summed E-state index contributed by atoms with van der Waals surface area (Å²) in [7, 11) is -1.38. The Morgan fingerprint density at radius 1 is 1.19 bits per heavy atom. The van der Waals surface area contributed by atoms with Crippen molar-refractivity contribution in [3.8, 4) is 0 Å². The molecule has 1 aromatic carbocycles. The van der Waals surface area contributed by atoms with Gasteiger partial charge in [0.25, 0.3) is 0 Å². The van der Waals surface area contributed by atoms with E-state index in [0.717, 1.165) is 10.8 Å². The summed E-state index contributed by atoms with van der Waals surface area (Å²) < 4.78 is 11.4. The zero-order valence-electron chi connectivity index (χ0n) is 10.2. The maximum Gasteiger partial charge on any atom is 0.423 e. The predicted octanol–water partition coefficient (Wildman–Crippen LogP) is 1.47. The van der Waals surface area contributed by atoms with Gasteiger partial charge in [0.15, 0.2) is 0 Å². The zero-order valence-corrected chi connectivity index (χ0v) is 11.2. The van der Waals surface area contributed by atoms with Crippen LogP contribution in [0.4, 0.5) is 0 Å². The molecule has 1 rings (SSSR count). The van der Waals surface area contributed by atoms with Crippen LogP contribution in [0.15, 0.2) is 24.3 Å². The van der Waals surface area contributed by atoms with Crippen LogP contribution in [-0.4, -0.2) is 22.5 Å². The lowest BCUT2D eigenvalue weighted by molar-refractivity contribution is 0.225. The molecular formula is C12H20NO2Si. The molecule has 0 spiro atoms. The van der Waals surface area contributed by atoms with Crippen molar-refractivity contribution in [1.82, 2.24) is 0 Å². The summed E-state index contributed by atoms with van der Waals surface area (Å²) in [6.45, 7) is 7.29. The van der Waals surface area contributed by atoms with E-state index in [1.165, 1.54) is 0 Å². The molecule has 1 atom stereocenters. The van der Waals surface area contributed by atoms with Crippen LogP contribution >= 0.6 is 0 Å². The Bertz CT molecular complexity index is 312. The summed E-state index contributed by atoms with van der Waals surface area (Å²) >= 11 is 0. The molecule has 0 aliphatic carbocycles. The molecule has 1 unspecified atom stereocenters. The summed E-state index contributed by atoms with van der Waals surface area (Å²) in [4.78, 5) is 0. The highest BCUT2D eigenvalue weighted by Crippen LogP contribution is 2.08. The molecule has 0 aliphatic heterocycles. The Morgan fingerprint density at radius 3 is 2.25 bits per heavy atom. The van der Waals surface area contributed by atoms with Crippen molar-refractivity contribution in [2.75, 3.05) is 13.2 Å². The molecule has 4 heteroatoms. The normalized spacial score (nSPS) is 13.1. The SMILES string of the molecule is CCO[Si](OCC)c1ccccc1C(C)N. The fourth-order valence-corrected chi connectivity index (χ4v) is 3.24. The molecule has 0 amide bonds. The molecule has 0 aromatic heterocycles. The molecule has 0 fully saturated rings. The van der Waals surface area contributed by atoms with Gasteiger partial charge in [0.2, 0.25) is 0 Å². The molecule has 0 bridgehead atoms. The third kappa shape index (κ3) is 3.42. The van der Waals surface area contributed by atoms with Crippen LogP contribution in [0, 0.1) is 0 Å². The van der Waals surface area contributed by atoms with Gasteiger partial charge >= 0.3 is 9.28 Å². The van der Waals surface area contributed by atoms with Crippen molar-refractivity contribution in [2.24, 2.45) is 5.73 Å². The lowest BCUT2D eigenvalue weighted by atomic mass is 10.1. The Labute approximate surface area is 99.4 Å². The second-order valence-electron chi connectivity index (χ2n) is 3.53. The Balaban J connectivity index is 2.97.